The van der Waals surface area contributed by atoms with Gasteiger partial charge in [-0.05, 0) is 18.2 Å². The number of carbonyl (C=O) groups excluding carboxylic acids is 2. The van der Waals surface area contributed by atoms with E-state index in [1.54, 1.807) is 29.4 Å². The smallest absolute Gasteiger partial charge is 0.328 e. The molecular formula is C13H12N4O2. The first-order valence-corrected chi connectivity index (χ1v) is 5.90. The molecule has 1 aromatic carbocycles. The molecular weight excluding hydrogens is 244 g/mol. The summed E-state index contributed by atoms with van der Waals surface area (Å²) in [6.07, 6.45) is 3.61. The van der Waals surface area contributed by atoms with Crippen LogP contribution in [0.1, 0.15) is 6.42 Å². The van der Waals surface area contributed by atoms with E-state index in [-0.39, 0.29) is 5.91 Å². The number of nitrogens with two attached hydrogens (primary N) is 1. The number of aromatic nitrogens is 1. The van der Waals surface area contributed by atoms with Crippen LogP contribution in [0.3, 0.4) is 0 Å². The minimum Gasteiger partial charge on any atom is -0.398 e. The molecule has 0 radical (unpaired) electrons. The zero-order chi connectivity index (χ0) is 13.4. The fourth-order valence-electron chi connectivity index (χ4n) is 2.23. The molecule has 3 N–H and O–H groups in total. The van der Waals surface area contributed by atoms with Crippen molar-refractivity contribution in [1.29, 1.82) is 0 Å². The lowest BCUT2D eigenvalue weighted by Crippen LogP contribution is -2.49. The Morgan fingerprint density at radius 3 is 2.84 bits per heavy atom. The van der Waals surface area contributed by atoms with Crippen LogP contribution in [0.15, 0.2) is 30.6 Å². The van der Waals surface area contributed by atoms with Crippen molar-refractivity contribution in [2.24, 2.45) is 0 Å². The van der Waals surface area contributed by atoms with Crippen molar-refractivity contribution in [1.82, 2.24) is 10.3 Å². The molecule has 0 spiro atoms. The first-order chi connectivity index (χ1) is 9.16. The fraction of sp³-hybridized carbons (Fsp3) is 0.154. The summed E-state index contributed by atoms with van der Waals surface area (Å²) >= 11 is 0. The van der Waals surface area contributed by atoms with Crippen molar-refractivity contribution < 1.29 is 9.59 Å². The van der Waals surface area contributed by atoms with E-state index in [1.165, 1.54) is 0 Å². The second-order valence-corrected chi connectivity index (χ2v) is 4.35. The summed E-state index contributed by atoms with van der Waals surface area (Å²) < 4.78 is 0. The first-order valence-electron chi connectivity index (χ1n) is 5.90. The van der Waals surface area contributed by atoms with Crippen LogP contribution in [-0.4, -0.2) is 23.5 Å². The molecule has 6 nitrogen and oxygen atoms in total. The van der Waals surface area contributed by atoms with Crippen LogP contribution in [0.4, 0.5) is 16.2 Å². The molecule has 0 aliphatic carbocycles. The molecule has 1 fully saturated rings. The van der Waals surface area contributed by atoms with E-state index in [0.29, 0.717) is 18.7 Å². The van der Waals surface area contributed by atoms with Gasteiger partial charge < -0.3 is 5.73 Å². The van der Waals surface area contributed by atoms with Crippen molar-refractivity contribution in [3.8, 4) is 0 Å². The van der Waals surface area contributed by atoms with Crippen LogP contribution in [0.5, 0.6) is 0 Å². The molecule has 3 amide bonds. The monoisotopic (exact) mass is 256 g/mol. The van der Waals surface area contributed by atoms with Gasteiger partial charge in [0.2, 0.25) is 5.91 Å². The average molecular weight is 256 g/mol. The first kappa shape index (κ1) is 11.5. The Hall–Kier alpha value is -2.63. The van der Waals surface area contributed by atoms with Crippen molar-refractivity contribution in [2.45, 2.75) is 6.42 Å². The van der Waals surface area contributed by atoms with Crippen LogP contribution in [0.25, 0.3) is 10.8 Å². The minimum absolute atomic E-state index is 0.248. The maximum atomic E-state index is 11.9. The number of fused-ring (bicyclic) bond motifs is 1. The number of nitrogens with one attached hydrogen (secondary N) is 1. The van der Waals surface area contributed by atoms with E-state index in [9.17, 15) is 9.59 Å². The normalized spacial score (nSPS) is 15.7. The number of hydrogen-bond acceptors (Lipinski definition) is 4. The van der Waals surface area contributed by atoms with Gasteiger partial charge in [0, 0.05) is 41.8 Å². The number of nitrogen functional groups attached to an aromatic ring is 1. The van der Waals surface area contributed by atoms with Crippen molar-refractivity contribution in [3.63, 3.8) is 0 Å². The molecule has 0 saturated carbocycles. The number of benzene rings is 1. The lowest BCUT2D eigenvalue weighted by atomic mass is 10.1. The number of hydrogen-bond donors (Lipinski definition) is 2. The van der Waals surface area contributed by atoms with Crippen LogP contribution in [0.2, 0.25) is 0 Å². The van der Waals surface area contributed by atoms with Gasteiger partial charge in [0.25, 0.3) is 0 Å². The standard InChI is InChI=1S/C13H12N4O2/c14-10-1-2-11(8-3-5-15-7-9(8)10)17-6-4-12(18)16-13(17)19/h1-3,5,7H,4,6,14H2,(H,16,18,19). The summed E-state index contributed by atoms with van der Waals surface area (Å²) in [7, 11) is 0. The van der Waals surface area contributed by atoms with Gasteiger partial charge in [-0.2, -0.15) is 0 Å². The van der Waals surface area contributed by atoms with Gasteiger partial charge in [-0.3, -0.25) is 20.0 Å². The summed E-state index contributed by atoms with van der Waals surface area (Å²) in [4.78, 5) is 28.6. The Balaban J connectivity index is 2.13. The van der Waals surface area contributed by atoms with Crippen LogP contribution in [0, 0.1) is 0 Å². The number of anilines is 2. The van der Waals surface area contributed by atoms with E-state index in [0.717, 1.165) is 16.5 Å². The summed E-state index contributed by atoms with van der Waals surface area (Å²) in [6.45, 7) is 0.367. The third kappa shape index (κ3) is 1.87. The van der Waals surface area contributed by atoms with Crippen molar-refractivity contribution in [2.75, 3.05) is 17.2 Å². The fourth-order valence-corrected chi connectivity index (χ4v) is 2.23. The lowest BCUT2D eigenvalue weighted by Gasteiger charge is -2.27. The number of urea groups is 1. The maximum absolute atomic E-state index is 11.9. The van der Waals surface area contributed by atoms with Gasteiger partial charge in [-0.25, -0.2) is 4.79 Å². The third-order valence-corrected chi connectivity index (χ3v) is 3.17. The Morgan fingerprint density at radius 2 is 2.05 bits per heavy atom. The summed E-state index contributed by atoms with van der Waals surface area (Å²) in [6, 6.07) is 4.93. The van der Waals surface area contributed by atoms with E-state index >= 15 is 0 Å². The largest absolute Gasteiger partial charge is 0.398 e. The van der Waals surface area contributed by atoms with Crippen LogP contribution >= 0.6 is 0 Å². The second-order valence-electron chi connectivity index (χ2n) is 4.35. The highest BCUT2D eigenvalue weighted by Crippen LogP contribution is 2.31. The molecule has 2 heterocycles. The van der Waals surface area contributed by atoms with Crippen molar-refractivity contribution in [3.05, 3.63) is 30.6 Å². The Bertz CT molecular complexity index is 683. The average Bonchev–Trinajstić information content (AvgIpc) is 2.41. The second kappa shape index (κ2) is 4.24. The molecule has 3 rings (SSSR count). The highest BCUT2D eigenvalue weighted by molar-refractivity contribution is 6.11. The molecule has 0 unspecified atom stereocenters. The minimum atomic E-state index is -0.404. The topological polar surface area (TPSA) is 88.3 Å². The van der Waals surface area contributed by atoms with Gasteiger partial charge in [-0.1, -0.05) is 0 Å². The Kier molecular flexibility index (Phi) is 2.56. The van der Waals surface area contributed by atoms with E-state index in [2.05, 4.69) is 10.3 Å². The number of imide groups is 1. The van der Waals surface area contributed by atoms with Gasteiger partial charge in [0.1, 0.15) is 0 Å². The molecule has 6 heteroatoms. The van der Waals surface area contributed by atoms with E-state index < -0.39 is 6.03 Å². The molecule has 96 valence electrons. The van der Waals surface area contributed by atoms with Crippen LogP contribution < -0.4 is 16.0 Å². The molecule has 1 aliphatic rings. The highest BCUT2D eigenvalue weighted by atomic mass is 16.2. The molecule has 0 bridgehead atoms. The Morgan fingerprint density at radius 1 is 1.21 bits per heavy atom. The molecule has 1 aliphatic heterocycles. The third-order valence-electron chi connectivity index (χ3n) is 3.17. The van der Waals surface area contributed by atoms with Gasteiger partial charge >= 0.3 is 6.03 Å². The van der Waals surface area contributed by atoms with Gasteiger partial charge in [0.05, 0.1) is 5.69 Å². The number of carbonyl (C=O) groups is 2. The van der Waals surface area contributed by atoms with Crippen LogP contribution in [-0.2, 0) is 4.79 Å². The van der Waals surface area contributed by atoms with E-state index in [4.69, 9.17) is 5.73 Å². The SMILES string of the molecule is Nc1ccc(N2CCC(=O)NC2=O)c2ccncc12. The predicted molar refractivity (Wildman–Crippen MR) is 71.7 cm³/mol. The predicted octanol–water partition coefficient (Wildman–Crippen LogP) is 1.26. The quantitative estimate of drug-likeness (QED) is 0.752. The number of nitrogens with zero attached hydrogens (tertiary/aromatic N) is 2. The highest BCUT2D eigenvalue weighted by Gasteiger charge is 2.25. The van der Waals surface area contributed by atoms with Crippen molar-refractivity contribution >= 4 is 34.1 Å². The zero-order valence-electron chi connectivity index (χ0n) is 10.1. The molecule has 1 saturated heterocycles. The van der Waals surface area contributed by atoms with Gasteiger partial charge in [0.15, 0.2) is 0 Å². The lowest BCUT2D eigenvalue weighted by molar-refractivity contribution is -0.120. The summed E-state index contributed by atoms with van der Waals surface area (Å²) in [5.74, 6) is -0.248. The molecule has 2 aromatic rings. The molecule has 0 atom stereocenters. The Labute approximate surface area is 109 Å². The zero-order valence-corrected chi connectivity index (χ0v) is 10.1. The summed E-state index contributed by atoms with van der Waals surface area (Å²) in [5.41, 5.74) is 7.24. The summed E-state index contributed by atoms with van der Waals surface area (Å²) in [5, 5.41) is 3.95. The number of rotatable bonds is 1. The molecule has 19 heavy (non-hydrogen) atoms. The number of amides is 3. The number of pyridine rings is 1. The van der Waals surface area contributed by atoms with E-state index in [1.807, 2.05) is 6.07 Å². The molecule has 1 aromatic heterocycles. The maximum Gasteiger partial charge on any atom is 0.328 e. The van der Waals surface area contributed by atoms with Gasteiger partial charge in [-0.15, -0.1) is 0 Å².